The molecule has 1 atom stereocenters. The minimum atomic E-state index is 0.241. The Morgan fingerprint density at radius 1 is 1.25 bits per heavy atom. The standard InChI is InChI=1S/C14H22OS/c1-11-7-5-6-8-13(11)15-9-12(10-16)14(2,3)4/h5-8,12,16H,9-10H2,1-4H3. The van der Waals surface area contributed by atoms with Crippen molar-refractivity contribution in [2.24, 2.45) is 11.3 Å². The molecule has 0 amide bonds. The summed E-state index contributed by atoms with van der Waals surface area (Å²) in [6.07, 6.45) is 0. The Morgan fingerprint density at radius 3 is 2.38 bits per heavy atom. The van der Waals surface area contributed by atoms with Crippen LogP contribution in [-0.4, -0.2) is 12.4 Å². The number of hydrogen-bond acceptors (Lipinski definition) is 2. The van der Waals surface area contributed by atoms with Crippen molar-refractivity contribution in [3.05, 3.63) is 29.8 Å². The summed E-state index contributed by atoms with van der Waals surface area (Å²) in [7, 11) is 0. The van der Waals surface area contributed by atoms with Crippen LogP contribution in [0.4, 0.5) is 0 Å². The van der Waals surface area contributed by atoms with Crippen molar-refractivity contribution in [2.45, 2.75) is 27.7 Å². The van der Waals surface area contributed by atoms with Crippen LogP contribution in [0, 0.1) is 18.3 Å². The lowest BCUT2D eigenvalue weighted by Crippen LogP contribution is -2.28. The van der Waals surface area contributed by atoms with Crippen molar-refractivity contribution in [1.82, 2.24) is 0 Å². The van der Waals surface area contributed by atoms with Crippen molar-refractivity contribution in [1.29, 1.82) is 0 Å². The van der Waals surface area contributed by atoms with E-state index in [4.69, 9.17) is 4.74 Å². The zero-order chi connectivity index (χ0) is 12.2. The van der Waals surface area contributed by atoms with Crippen molar-refractivity contribution < 1.29 is 4.74 Å². The van der Waals surface area contributed by atoms with Crippen LogP contribution < -0.4 is 4.74 Å². The number of ether oxygens (including phenoxy) is 1. The molecule has 0 aliphatic rings. The van der Waals surface area contributed by atoms with Gasteiger partial charge < -0.3 is 4.74 Å². The molecule has 0 saturated carbocycles. The Labute approximate surface area is 105 Å². The van der Waals surface area contributed by atoms with Gasteiger partial charge in [-0.05, 0) is 29.7 Å². The molecule has 1 nitrogen and oxygen atoms in total. The Hall–Kier alpha value is -0.630. The predicted octanol–water partition coefficient (Wildman–Crippen LogP) is 3.97. The zero-order valence-corrected chi connectivity index (χ0v) is 11.6. The van der Waals surface area contributed by atoms with E-state index in [9.17, 15) is 0 Å². The summed E-state index contributed by atoms with van der Waals surface area (Å²) < 4.78 is 5.87. The summed E-state index contributed by atoms with van der Waals surface area (Å²) in [5, 5.41) is 0. The minimum absolute atomic E-state index is 0.241. The molecule has 2 heteroatoms. The van der Waals surface area contributed by atoms with Gasteiger partial charge >= 0.3 is 0 Å². The monoisotopic (exact) mass is 238 g/mol. The fraction of sp³-hybridized carbons (Fsp3) is 0.571. The van der Waals surface area contributed by atoms with Crippen LogP contribution in [-0.2, 0) is 0 Å². The van der Waals surface area contributed by atoms with Crippen molar-refractivity contribution in [3.63, 3.8) is 0 Å². The Kier molecular flexibility index (Phi) is 4.72. The van der Waals surface area contributed by atoms with Gasteiger partial charge in [-0.15, -0.1) is 0 Å². The second kappa shape index (κ2) is 5.62. The topological polar surface area (TPSA) is 9.23 Å². The van der Waals surface area contributed by atoms with Crippen molar-refractivity contribution in [2.75, 3.05) is 12.4 Å². The summed E-state index contributed by atoms with van der Waals surface area (Å²) in [6, 6.07) is 8.13. The third kappa shape index (κ3) is 3.75. The number of hydrogen-bond donors (Lipinski definition) is 1. The average Bonchev–Trinajstić information content (AvgIpc) is 2.19. The number of rotatable bonds is 4. The normalized spacial score (nSPS) is 13.6. The van der Waals surface area contributed by atoms with Gasteiger partial charge in [0.15, 0.2) is 0 Å². The molecule has 0 aliphatic heterocycles. The van der Waals surface area contributed by atoms with E-state index in [0.29, 0.717) is 5.92 Å². The van der Waals surface area contributed by atoms with Gasteiger partial charge in [-0.25, -0.2) is 0 Å². The summed E-state index contributed by atoms with van der Waals surface area (Å²) in [5.41, 5.74) is 1.43. The summed E-state index contributed by atoms with van der Waals surface area (Å²) in [5.74, 6) is 2.31. The van der Waals surface area contributed by atoms with Gasteiger partial charge in [0.2, 0.25) is 0 Å². The zero-order valence-electron chi connectivity index (χ0n) is 10.7. The molecule has 1 aromatic rings. The number of para-hydroxylation sites is 1. The maximum atomic E-state index is 5.87. The Balaban J connectivity index is 2.60. The van der Waals surface area contributed by atoms with Crippen LogP contribution in [0.3, 0.4) is 0 Å². The van der Waals surface area contributed by atoms with Crippen LogP contribution in [0.5, 0.6) is 5.75 Å². The fourth-order valence-electron chi connectivity index (χ4n) is 1.49. The molecule has 1 aromatic carbocycles. The van der Waals surface area contributed by atoms with Crippen LogP contribution >= 0.6 is 12.6 Å². The first-order valence-electron chi connectivity index (χ1n) is 5.74. The smallest absolute Gasteiger partial charge is 0.122 e. The van der Waals surface area contributed by atoms with Crippen LogP contribution in [0.1, 0.15) is 26.3 Å². The fourth-order valence-corrected chi connectivity index (χ4v) is 2.14. The molecule has 1 rings (SSSR count). The van der Waals surface area contributed by atoms with E-state index in [-0.39, 0.29) is 5.41 Å². The van der Waals surface area contributed by atoms with E-state index in [1.165, 1.54) is 5.56 Å². The highest BCUT2D eigenvalue weighted by Gasteiger charge is 2.23. The molecule has 0 saturated heterocycles. The van der Waals surface area contributed by atoms with Gasteiger partial charge in [0.25, 0.3) is 0 Å². The SMILES string of the molecule is Cc1ccccc1OCC(CS)C(C)(C)C. The second-order valence-corrected chi connectivity index (χ2v) is 5.69. The van der Waals surface area contributed by atoms with Gasteiger partial charge in [0, 0.05) is 5.92 Å². The lowest BCUT2D eigenvalue weighted by atomic mass is 9.82. The minimum Gasteiger partial charge on any atom is -0.493 e. The molecule has 0 aliphatic carbocycles. The molecule has 0 N–H and O–H groups in total. The average molecular weight is 238 g/mol. The molecule has 0 heterocycles. The van der Waals surface area contributed by atoms with Crippen LogP contribution in [0.15, 0.2) is 24.3 Å². The highest BCUT2D eigenvalue weighted by molar-refractivity contribution is 7.80. The maximum Gasteiger partial charge on any atom is 0.122 e. The van der Waals surface area contributed by atoms with Crippen LogP contribution in [0.25, 0.3) is 0 Å². The van der Waals surface area contributed by atoms with Crippen molar-refractivity contribution >= 4 is 12.6 Å². The number of thiol groups is 1. The maximum absolute atomic E-state index is 5.87. The first-order chi connectivity index (χ1) is 7.45. The summed E-state index contributed by atoms with van der Waals surface area (Å²) in [4.78, 5) is 0. The molecule has 0 bridgehead atoms. The summed E-state index contributed by atoms with van der Waals surface area (Å²) >= 11 is 4.40. The van der Waals surface area contributed by atoms with Crippen molar-refractivity contribution in [3.8, 4) is 5.75 Å². The molecule has 1 unspecified atom stereocenters. The highest BCUT2D eigenvalue weighted by atomic mass is 32.1. The highest BCUT2D eigenvalue weighted by Crippen LogP contribution is 2.28. The molecule has 0 radical (unpaired) electrons. The predicted molar refractivity (Wildman–Crippen MR) is 73.5 cm³/mol. The Morgan fingerprint density at radius 2 is 1.88 bits per heavy atom. The number of aryl methyl sites for hydroxylation is 1. The van der Waals surface area contributed by atoms with Crippen LogP contribution in [0.2, 0.25) is 0 Å². The first kappa shape index (κ1) is 13.4. The third-order valence-electron chi connectivity index (χ3n) is 2.98. The van der Waals surface area contributed by atoms with Gasteiger partial charge in [-0.2, -0.15) is 12.6 Å². The first-order valence-corrected chi connectivity index (χ1v) is 6.37. The van der Waals surface area contributed by atoms with E-state index in [1.54, 1.807) is 0 Å². The molecular weight excluding hydrogens is 216 g/mol. The molecule has 90 valence electrons. The van der Waals surface area contributed by atoms with Gasteiger partial charge in [-0.1, -0.05) is 39.0 Å². The van der Waals surface area contributed by atoms with Gasteiger partial charge in [-0.3, -0.25) is 0 Å². The quantitative estimate of drug-likeness (QED) is 0.781. The van der Waals surface area contributed by atoms with E-state index >= 15 is 0 Å². The molecule has 16 heavy (non-hydrogen) atoms. The molecular formula is C14H22OS. The number of benzene rings is 1. The second-order valence-electron chi connectivity index (χ2n) is 5.32. The summed E-state index contributed by atoms with van der Waals surface area (Å²) in [6.45, 7) is 9.50. The largest absolute Gasteiger partial charge is 0.493 e. The lowest BCUT2D eigenvalue weighted by Gasteiger charge is -2.29. The molecule has 0 spiro atoms. The van der Waals surface area contributed by atoms with E-state index < -0.39 is 0 Å². The lowest BCUT2D eigenvalue weighted by molar-refractivity contribution is 0.164. The third-order valence-corrected chi connectivity index (χ3v) is 3.42. The molecule has 0 fully saturated rings. The van der Waals surface area contributed by atoms with Gasteiger partial charge in [0.1, 0.15) is 5.75 Å². The molecule has 0 aromatic heterocycles. The van der Waals surface area contributed by atoms with E-state index in [1.807, 2.05) is 18.2 Å². The Bertz CT molecular complexity index is 328. The van der Waals surface area contributed by atoms with E-state index in [2.05, 4.69) is 46.4 Å². The van der Waals surface area contributed by atoms with E-state index in [0.717, 1.165) is 18.1 Å². The van der Waals surface area contributed by atoms with Gasteiger partial charge in [0.05, 0.1) is 6.61 Å².